The second-order valence-electron chi connectivity index (χ2n) is 6.99. The number of ketones is 1. The molecule has 172 valence electrons. The predicted molar refractivity (Wildman–Crippen MR) is 118 cm³/mol. The minimum Gasteiger partial charge on any atom is -0.483 e. The SMILES string of the molecule is Cc1cc(S(N)(=O)=O)ccc1NC(=O)COc1ccc(Cl)cc1C(=O)c1cc(F)cc(F)c1. The highest BCUT2D eigenvalue weighted by Gasteiger charge is 2.19. The van der Waals surface area contributed by atoms with Gasteiger partial charge in [0.2, 0.25) is 10.0 Å². The number of primary sulfonamides is 1. The van der Waals surface area contributed by atoms with Crippen molar-refractivity contribution in [1.29, 1.82) is 0 Å². The van der Waals surface area contributed by atoms with Crippen molar-refractivity contribution in [2.45, 2.75) is 11.8 Å². The summed E-state index contributed by atoms with van der Waals surface area (Å²) < 4.78 is 55.3. The molecule has 0 atom stereocenters. The lowest BCUT2D eigenvalue weighted by atomic mass is 10.0. The van der Waals surface area contributed by atoms with Gasteiger partial charge in [-0.15, -0.1) is 0 Å². The zero-order valence-electron chi connectivity index (χ0n) is 17.1. The molecule has 0 bridgehead atoms. The Labute approximate surface area is 193 Å². The lowest BCUT2D eigenvalue weighted by Gasteiger charge is -2.13. The van der Waals surface area contributed by atoms with Crippen molar-refractivity contribution >= 4 is 39.0 Å². The second-order valence-corrected chi connectivity index (χ2v) is 8.98. The van der Waals surface area contributed by atoms with Crippen molar-refractivity contribution in [3.05, 3.63) is 87.9 Å². The summed E-state index contributed by atoms with van der Waals surface area (Å²) in [6.07, 6.45) is 0. The molecular weight excluding hydrogens is 478 g/mol. The molecule has 0 aliphatic heterocycles. The van der Waals surface area contributed by atoms with Gasteiger partial charge in [-0.25, -0.2) is 22.3 Å². The van der Waals surface area contributed by atoms with Gasteiger partial charge in [0.1, 0.15) is 17.4 Å². The van der Waals surface area contributed by atoms with Gasteiger partial charge in [-0.3, -0.25) is 9.59 Å². The van der Waals surface area contributed by atoms with Gasteiger partial charge >= 0.3 is 0 Å². The van der Waals surface area contributed by atoms with Crippen molar-refractivity contribution in [3.63, 3.8) is 0 Å². The predicted octanol–water partition coefficient (Wildman–Crippen LogP) is 3.82. The number of aryl methyl sites for hydroxylation is 1. The number of nitrogens with two attached hydrogens (primary N) is 1. The van der Waals surface area contributed by atoms with Crippen molar-refractivity contribution in [1.82, 2.24) is 0 Å². The quantitative estimate of drug-likeness (QED) is 0.484. The van der Waals surface area contributed by atoms with E-state index in [1.165, 1.54) is 36.4 Å². The summed E-state index contributed by atoms with van der Waals surface area (Å²) in [5.41, 5.74) is 0.438. The number of hydrogen-bond donors (Lipinski definition) is 2. The molecule has 0 spiro atoms. The number of carbonyl (C=O) groups excluding carboxylic acids is 2. The van der Waals surface area contributed by atoms with E-state index in [-0.39, 0.29) is 26.8 Å². The smallest absolute Gasteiger partial charge is 0.262 e. The minimum absolute atomic E-state index is 0.0227. The van der Waals surface area contributed by atoms with Crippen LogP contribution in [-0.4, -0.2) is 26.7 Å². The van der Waals surface area contributed by atoms with Gasteiger partial charge in [0.25, 0.3) is 5.91 Å². The zero-order valence-corrected chi connectivity index (χ0v) is 18.6. The van der Waals surface area contributed by atoms with E-state index in [0.29, 0.717) is 17.3 Å². The Morgan fingerprint density at radius 2 is 1.70 bits per heavy atom. The van der Waals surface area contributed by atoms with E-state index >= 15 is 0 Å². The molecule has 7 nitrogen and oxygen atoms in total. The summed E-state index contributed by atoms with van der Waals surface area (Å²) in [6, 6.07) is 10.3. The molecule has 0 aliphatic rings. The summed E-state index contributed by atoms with van der Waals surface area (Å²) in [6.45, 7) is 1.06. The number of hydrogen-bond acceptors (Lipinski definition) is 5. The molecule has 3 aromatic carbocycles. The van der Waals surface area contributed by atoms with Crippen LogP contribution in [0, 0.1) is 18.6 Å². The Morgan fingerprint density at radius 1 is 1.03 bits per heavy atom. The molecule has 0 saturated heterocycles. The van der Waals surface area contributed by atoms with Crippen molar-refractivity contribution in [2.24, 2.45) is 5.14 Å². The van der Waals surface area contributed by atoms with Gasteiger partial charge in [-0.2, -0.15) is 0 Å². The molecule has 3 rings (SSSR count). The van der Waals surface area contributed by atoms with Crippen LogP contribution in [0.3, 0.4) is 0 Å². The first-order chi connectivity index (χ1) is 15.4. The van der Waals surface area contributed by atoms with Gasteiger partial charge in [0.05, 0.1) is 10.5 Å². The summed E-state index contributed by atoms with van der Waals surface area (Å²) in [5.74, 6) is -3.23. The van der Waals surface area contributed by atoms with Crippen LogP contribution in [0.1, 0.15) is 21.5 Å². The van der Waals surface area contributed by atoms with E-state index in [1.54, 1.807) is 6.92 Å². The molecule has 3 N–H and O–H groups in total. The van der Waals surface area contributed by atoms with Crippen LogP contribution in [0.25, 0.3) is 0 Å². The Hall–Kier alpha value is -3.34. The highest BCUT2D eigenvalue weighted by molar-refractivity contribution is 7.89. The summed E-state index contributed by atoms with van der Waals surface area (Å²) in [4.78, 5) is 25.0. The van der Waals surface area contributed by atoms with Crippen LogP contribution in [0.4, 0.5) is 14.5 Å². The maximum atomic E-state index is 13.5. The maximum Gasteiger partial charge on any atom is 0.262 e. The van der Waals surface area contributed by atoms with E-state index in [4.69, 9.17) is 21.5 Å². The first-order valence-corrected chi connectivity index (χ1v) is 11.2. The molecular formula is C22H17ClF2N2O5S. The summed E-state index contributed by atoms with van der Waals surface area (Å²) in [5, 5.41) is 7.82. The van der Waals surface area contributed by atoms with E-state index < -0.39 is 40.0 Å². The largest absolute Gasteiger partial charge is 0.483 e. The van der Waals surface area contributed by atoms with Crippen molar-refractivity contribution in [3.8, 4) is 5.75 Å². The maximum absolute atomic E-state index is 13.5. The molecule has 11 heteroatoms. The fourth-order valence-electron chi connectivity index (χ4n) is 2.93. The number of carbonyl (C=O) groups is 2. The highest BCUT2D eigenvalue weighted by Crippen LogP contribution is 2.26. The van der Waals surface area contributed by atoms with E-state index in [1.807, 2.05) is 0 Å². The monoisotopic (exact) mass is 494 g/mol. The van der Waals surface area contributed by atoms with Crippen molar-refractivity contribution in [2.75, 3.05) is 11.9 Å². The van der Waals surface area contributed by atoms with Gasteiger partial charge in [-0.05, 0) is 61.0 Å². The second kappa shape index (κ2) is 9.65. The number of anilines is 1. The molecule has 3 aromatic rings. The summed E-state index contributed by atoms with van der Waals surface area (Å²) in [7, 11) is -3.89. The highest BCUT2D eigenvalue weighted by atomic mass is 35.5. The van der Waals surface area contributed by atoms with Crippen LogP contribution >= 0.6 is 11.6 Å². The summed E-state index contributed by atoms with van der Waals surface area (Å²) >= 11 is 5.96. The van der Waals surface area contributed by atoms with E-state index in [9.17, 15) is 26.8 Å². The normalized spacial score (nSPS) is 11.2. The van der Waals surface area contributed by atoms with Crippen LogP contribution in [0.15, 0.2) is 59.5 Å². The molecule has 0 aromatic heterocycles. The average Bonchev–Trinajstić information content (AvgIpc) is 2.72. The Morgan fingerprint density at radius 3 is 2.30 bits per heavy atom. The van der Waals surface area contributed by atoms with Crippen LogP contribution in [-0.2, 0) is 14.8 Å². The fourth-order valence-corrected chi connectivity index (χ4v) is 3.70. The van der Waals surface area contributed by atoms with Crippen LogP contribution in [0.2, 0.25) is 5.02 Å². The topological polar surface area (TPSA) is 116 Å². The van der Waals surface area contributed by atoms with Crippen LogP contribution < -0.4 is 15.2 Å². The Balaban J connectivity index is 1.77. The third kappa shape index (κ3) is 6.13. The molecule has 1 amide bonds. The average molecular weight is 495 g/mol. The van der Waals surface area contributed by atoms with E-state index in [2.05, 4.69) is 5.32 Å². The number of benzene rings is 3. The number of rotatable bonds is 7. The number of ether oxygens (including phenoxy) is 1. The minimum atomic E-state index is -3.89. The number of sulfonamides is 1. The Bertz CT molecular complexity index is 1340. The lowest BCUT2D eigenvalue weighted by molar-refractivity contribution is -0.118. The molecule has 0 unspecified atom stereocenters. The first-order valence-electron chi connectivity index (χ1n) is 9.30. The van der Waals surface area contributed by atoms with Gasteiger partial charge < -0.3 is 10.1 Å². The zero-order chi connectivity index (χ0) is 24.3. The molecule has 0 radical (unpaired) electrons. The van der Waals surface area contributed by atoms with Crippen molar-refractivity contribution < 1.29 is 31.5 Å². The third-order valence-electron chi connectivity index (χ3n) is 4.47. The molecule has 0 fully saturated rings. The first kappa shape index (κ1) is 24.3. The lowest BCUT2D eigenvalue weighted by Crippen LogP contribution is -2.21. The molecule has 0 saturated carbocycles. The number of nitrogens with one attached hydrogen (secondary N) is 1. The number of amides is 1. The number of halogens is 3. The van der Waals surface area contributed by atoms with E-state index in [0.717, 1.165) is 12.1 Å². The van der Waals surface area contributed by atoms with Crippen LogP contribution in [0.5, 0.6) is 5.75 Å². The Kier molecular flexibility index (Phi) is 7.11. The molecule has 0 aliphatic carbocycles. The van der Waals surface area contributed by atoms with Gasteiger partial charge in [0, 0.05) is 22.3 Å². The standard InChI is InChI=1S/C22H17ClF2N2O5S/c1-12-6-17(33(26,30)31)3-4-19(12)27-21(28)11-32-20-5-2-14(23)9-18(20)22(29)13-7-15(24)10-16(25)8-13/h2-10H,11H2,1H3,(H,27,28)(H2,26,30,31). The third-order valence-corrected chi connectivity index (χ3v) is 5.62. The molecule has 33 heavy (non-hydrogen) atoms. The van der Waals surface area contributed by atoms with Gasteiger partial charge in [0.15, 0.2) is 12.4 Å². The fraction of sp³-hybridized carbons (Fsp3) is 0.0909. The van der Waals surface area contributed by atoms with Gasteiger partial charge in [-0.1, -0.05) is 11.6 Å². The molecule has 0 heterocycles.